The van der Waals surface area contributed by atoms with Gasteiger partial charge in [0.1, 0.15) is 0 Å². The largest absolute Gasteiger partial charge is 0.382 e. The zero-order chi connectivity index (χ0) is 11.8. The summed E-state index contributed by atoms with van der Waals surface area (Å²) in [6.45, 7) is 6.20. The number of nitrogens with one attached hydrogen (secondary N) is 1. The monoisotopic (exact) mass is 244 g/mol. The first-order valence-corrected chi connectivity index (χ1v) is 6.39. The van der Waals surface area contributed by atoms with Crippen LogP contribution in [-0.2, 0) is 9.47 Å². The number of hydrogen-bond donors (Lipinski definition) is 1. The molecule has 1 heterocycles. The molecule has 0 spiro atoms. The molecule has 1 aromatic heterocycles. The normalized spacial score (nSPS) is 14.9. The van der Waals surface area contributed by atoms with Gasteiger partial charge in [0.25, 0.3) is 0 Å². The average molecular weight is 244 g/mol. The van der Waals surface area contributed by atoms with Crippen LogP contribution in [0.1, 0.15) is 25.6 Å². The Labute approximate surface area is 101 Å². The number of ether oxygens (including phenoxy) is 2. The summed E-state index contributed by atoms with van der Waals surface area (Å²) in [5.41, 5.74) is 2.95. The maximum absolute atomic E-state index is 5.45. The zero-order valence-corrected chi connectivity index (χ0v) is 10.9. The molecule has 0 saturated heterocycles. The lowest BCUT2D eigenvalue weighted by molar-refractivity contribution is 0.0596. The molecule has 0 aliphatic carbocycles. The van der Waals surface area contributed by atoms with Crippen molar-refractivity contribution < 1.29 is 9.47 Å². The second kappa shape index (κ2) is 7.73. The highest BCUT2D eigenvalue weighted by molar-refractivity contribution is 7.07. The molecule has 1 N–H and O–H groups in total. The summed E-state index contributed by atoms with van der Waals surface area (Å²) in [6, 6.07) is 0.584. The predicted octanol–water partition coefficient (Wildman–Crippen LogP) is 1.85. The van der Waals surface area contributed by atoms with Crippen LogP contribution in [0.15, 0.2) is 10.9 Å². The van der Waals surface area contributed by atoms with Crippen molar-refractivity contribution in [2.45, 2.75) is 25.9 Å². The summed E-state index contributed by atoms with van der Waals surface area (Å²) in [5, 5.41) is 5.50. The molecule has 0 aliphatic rings. The van der Waals surface area contributed by atoms with Gasteiger partial charge in [-0.05, 0) is 13.8 Å². The van der Waals surface area contributed by atoms with Gasteiger partial charge in [-0.1, -0.05) is 0 Å². The lowest BCUT2D eigenvalue weighted by Crippen LogP contribution is -2.33. The minimum absolute atomic E-state index is 0.271. The van der Waals surface area contributed by atoms with Gasteiger partial charge >= 0.3 is 0 Å². The Morgan fingerprint density at radius 3 is 2.88 bits per heavy atom. The Morgan fingerprint density at radius 1 is 1.44 bits per heavy atom. The summed E-state index contributed by atoms with van der Waals surface area (Å²) >= 11 is 1.62. The van der Waals surface area contributed by atoms with Crippen LogP contribution in [0.2, 0.25) is 0 Å². The van der Waals surface area contributed by atoms with E-state index < -0.39 is 0 Å². The minimum atomic E-state index is 0.271. The number of thiazole rings is 1. The lowest BCUT2D eigenvalue weighted by atomic mass is 10.2. The van der Waals surface area contributed by atoms with E-state index in [1.807, 2.05) is 5.51 Å². The smallest absolute Gasteiger partial charge is 0.0795 e. The van der Waals surface area contributed by atoms with Crippen LogP contribution in [0.3, 0.4) is 0 Å². The summed E-state index contributed by atoms with van der Waals surface area (Å²) in [5.74, 6) is 0. The number of aromatic nitrogens is 1. The fourth-order valence-corrected chi connectivity index (χ4v) is 2.05. The molecule has 0 bridgehead atoms. The van der Waals surface area contributed by atoms with Crippen LogP contribution in [0, 0.1) is 0 Å². The molecular weight excluding hydrogens is 224 g/mol. The standard InChI is InChI=1S/C11H20N2O2S/c1-9(6-15-5-4-14-3)13-10(2)11-7-16-8-12-11/h7-10,13H,4-6H2,1-3H3. The molecule has 2 atom stereocenters. The number of nitrogens with zero attached hydrogens (tertiary/aromatic N) is 1. The summed E-state index contributed by atoms with van der Waals surface area (Å²) in [7, 11) is 1.68. The van der Waals surface area contributed by atoms with Crippen molar-refractivity contribution in [1.29, 1.82) is 0 Å². The third-order valence-electron chi connectivity index (χ3n) is 2.23. The molecule has 1 rings (SSSR count). The van der Waals surface area contributed by atoms with E-state index in [4.69, 9.17) is 9.47 Å². The first kappa shape index (κ1) is 13.6. The van der Waals surface area contributed by atoms with E-state index in [1.165, 1.54) is 0 Å². The van der Waals surface area contributed by atoms with E-state index in [9.17, 15) is 0 Å². The number of methoxy groups -OCH3 is 1. The molecule has 0 radical (unpaired) electrons. The molecule has 0 saturated carbocycles. The van der Waals surface area contributed by atoms with Gasteiger partial charge in [0.05, 0.1) is 31.0 Å². The Morgan fingerprint density at radius 2 is 2.25 bits per heavy atom. The maximum Gasteiger partial charge on any atom is 0.0795 e. The SMILES string of the molecule is COCCOCC(C)NC(C)c1cscn1. The average Bonchev–Trinajstić information content (AvgIpc) is 2.77. The third kappa shape index (κ3) is 5.03. The Hall–Kier alpha value is -0.490. The molecule has 2 unspecified atom stereocenters. The van der Waals surface area contributed by atoms with E-state index in [0.29, 0.717) is 25.9 Å². The molecule has 4 nitrogen and oxygen atoms in total. The molecule has 0 aromatic carbocycles. The third-order valence-corrected chi connectivity index (χ3v) is 2.83. The molecule has 1 aromatic rings. The van der Waals surface area contributed by atoms with Crippen molar-refractivity contribution in [3.05, 3.63) is 16.6 Å². The molecule has 92 valence electrons. The van der Waals surface area contributed by atoms with Crippen molar-refractivity contribution >= 4 is 11.3 Å². The Kier molecular flexibility index (Phi) is 6.56. The Balaban J connectivity index is 2.16. The van der Waals surface area contributed by atoms with Gasteiger partial charge in [0.2, 0.25) is 0 Å². The van der Waals surface area contributed by atoms with Crippen LogP contribution in [0.25, 0.3) is 0 Å². The highest BCUT2D eigenvalue weighted by atomic mass is 32.1. The number of rotatable bonds is 8. The first-order chi connectivity index (χ1) is 7.74. The van der Waals surface area contributed by atoms with Crippen LogP contribution in [-0.4, -0.2) is 38.0 Å². The van der Waals surface area contributed by atoms with E-state index in [1.54, 1.807) is 18.4 Å². The van der Waals surface area contributed by atoms with Crippen LogP contribution in [0.5, 0.6) is 0 Å². The van der Waals surface area contributed by atoms with Crippen molar-refractivity contribution in [2.24, 2.45) is 0 Å². The van der Waals surface area contributed by atoms with Crippen molar-refractivity contribution in [1.82, 2.24) is 10.3 Å². The first-order valence-electron chi connectivity index (χ1n) is 5.45. The minimum Gasteiger partial charge on any atom is -0.382 e. The van der Waals surface area contributed by atoms with Crippen molar-refractivity contribution in [3.8, 4) is 0 Å². The fraction of sp³-hybridized carbons (Fsp3) is 0.727. The molecular formula is C11H20N2O2S. The number of hydrogen-bond acceptors (Lipinski definition) is 5. The summed E-state index contributed by atoms with van der Waals surface area (Å²) in [4.78, 5) is 4.27. The highest BCUT2D eigenvalue weighted by Gasteiger charge is 2.10. The van der Waals surface area contributed by atoms with Gasteiger partial charge in [-0.25, -0.2) is 4.98 Å². The second-order valence-electron chi connectivity index (χ2n) is 3.77. The van der Waals surface area contributed by atoms with E-state index in [-0.39, 0.29) is 6.04 Å². The van der Waals surface area contributed by atoms with E-state index >= 15 is 0 Å². The Bertz CT molecular complexity index is 267. The quantitative estimate of drug-likeness (QED) is 0.709. The summed E-state index contributed by atoms with van der Waals surface area (Å²) < 4.78 is 10.4. The molecule has 0 fully saturated rings. The predicted molar refractivity (Wildman–Crippen MR) is 65.8 cm³/mol. The van der Waals surface area contributed by atoms with Gasteiger partial charge in [-0.15, -0.1) is 11.3 Å². The van der Waals surface area contributed by atoms with Crippen molar-refractivity contribution in [2.75, 3.05) is 26.9 Å². The van der Waals surface area contributed by atoms with E-state index in [0.717, 1.165) is 5.69 Å². The van der Waals surface area contributed by atoms with Gasteiger partial charge < -0.3 is 14.8 Å². The van der Waals surface area contributed by atoms with E-state index in [2.05, 4.69) is 29.5 Å². The van der Waals surface area contributed by atoms with Crippen LogP contribution < -0.4 is 5.32 Å². The van der Waals surface area contributed by atoms with Crippen LogP contribution in [0.4, 0.5) is 0 Å². The maximum atomic E-state index is 5.45. The zero-order valence-electron chi connectivity index (χ0n) is 10.1. The molecule has 16 heavy (non-hydrogen) atoms. The topological polar surface area (TPSA) is 43.4 Å². The van der Waals surface area contributed by atoms with Gasteiger partial charge in [-0.3, -0.25) is 0 Å². The highest BCUT2D eigenvalue weighted by Crippen LogP contribution is 2.12. The molecule has 5 heteroatoms. The summed E-state index contributed by atoms with van der Waals surface area (Å²) in [6.07, 6.45) is 0. The van der Waals surface area contributed by atoms with Gasteiger partial charge in [-0.2, -0.15) is 0 Å². The van der Waals surface area contributed by atoms with Crippen LogP contribution >= 0.6 is 11.3 Å². The van der Waals surface area contributed by atoms with Gasteiger partial charge in [0, 0.05) is 24.6 Å². The molecule has 0 aliphatic heterocycles. The second-order valence-corrected chi connectivity index (χ2v) is 4.49. The molecule has 0 amide bonds. The lowest BCUT2D eigenvalue weighted by Gasteiger charge is -2.18. The van der Waals surface area contributed by atoms with Gasteiger partial charge in [0.15, 0.2) is 0 Å². The fourth-order valence-electron chi connectivity index (χ4n) is 1.40. The van der Waals surface area contributed by atoms with Crippen molar-refractivity contribution in [3.63, 3.8) is 0 Å².